The van der Waals surface area contributed by atoms with Crippen molar-refractivity contribution >= 4 is 23.7 Å². The first-order valence-corrected chi connectivity index (χ1v) is 5.46. The molecule has 0 aliphatic rings. The number of carbonyl (C=O) groups is 4. The number of ether oxygens (including phenoxy) is 1. The summed E-state index contributed by atoms with van der Waals surface area (Å²) in [5.74, 6) is -4.30. The molecule has 1 aromatic rings. The summed E-state index contributed by atoms with van der Waals surface area (Å²) < 4.78 is 6.26. The van der Waals surface area contributed by atoms with Crippen molar-refractivity contribution in [2.24, 2.45) is 0 Å². The molecule has 0 unspecified atom stereocenters. The molecular formula is C11H14N2O7. The number of rotatable bonds is 5. The molecule has 0 atom stereocenters. The Balaban J connectivity index is 0.000000511. The van der Waals surface area contributed by atoms with Crippen LogP contribution >= 0.6 is 0 Å². The number of aromatic nitrogens is 2. The zero-order chi connectivity index (χ0) is 15.5. The van der Waals surface area contributed by atoms with Gasteiger partial charge in [0, 0.05) is 12.4 Å². The van der Waals surface area contributed by atoms with E-state index in [1.165, 1.54) is 6.33 Å². The lowest BCUT2D eigenvalue weighted by atomic mass is 10.3. The minimum absolute atomic E-state index is 0.165. The molecule has 0 amide bonds. The Hall–Kier alpha value is -2.71. The molecule has 1 aromatic heterocycles. The van der Waals surface area contributed by atoms with Gasteiger partial charge in [-0.05, 0) is 6.92 Å². The van der Waals surface area contributed by atoms with Crippen molar-refractivity contribution in [3.63, 3.8) is 0 Å². The van der Waals surface area contributed by atoms with Crippen LogP contribution in [0.1, 0.15) is 13.3 Å². The predicted molar refractivity (Wildman–Crippen MR) is 63.8 cm³/mol. The fraction of sp³-hybridized carbons (Fsp3) is 0.364. The predicted octanol–water partition coefficient (Wildman–Crippen LogP) is -0.439. The highest BCUT2D eigenvalue weighted by Crippen LogP contribution is 1.93. The van der Waals surface area contributed by atoms with Gasteiger partial charge in [0.2, 0.25) is 0 Å². The lowest BCUT2D eigenvalue weighted by Gasteiger charge is -2.01. The molecule has 0 aliphatic heterocycles. The van der Waals surface area contributed by atoms with Gasteiger partial charge in [-0.25, -0.2) is 14.6 Å². The van der Waals surface area contributed by atoms with Crippen LogP contribution in [0.5, 0.6) is 0 Å². The second-order valence-corrected chi connectivity index (χ2v) is 3.37. The molecule has 20 heavy (non-hydrogen) atoms. The van der Waals surface area contributed by atoms with Crippen LogP contribution < -0.4 is 0 Å². The van der Waals surface area contributed by atoms with Crippen molar-refractivity contribution in [1.29, 1.82) is 0 Å². The summed E-state index contributed by atoms with van der Waals surface area (Å²) in [5, 5.41) is 14.8. The highest BCUT2D eigenvalue weighted by atomic mass is 16.5. The summed E-state index contributed by atoms with van der Waals surface area (Å²) in [7, 11) is 0. The minimum atomic E-state index is -1.82. The molecule has 110 valence electrons. The maximum absolute atomic E-state index is 11.2. The van der Waals surface area contributed by atoms with Crippen LogP contribution in [0.3, 0.4) is 0 Å². The van der Waals surface area contributed by atoms with E-state index in [0.29, 0.717) is 6.61 Å². The third kappa shape index (κ3) is 8.39. The van der Waals surface area contributed by atoms with Crippen molar-refractivity contribution in [3.8, 4) is 0 Å². The number of aliphatic carboxylic acids is 2. The summed E-state index contributed by atoms with van der Waals surface area (Å²) in [6.07, 6.45) is 4.61. The number of esters is 1. The van der Waals surface area contributed by atoms with Gasteiger partial charge < -0.3 is 19.5 Å². The topological polar surface area (TPSA) is 136 Å². The van der Waals surface area contributed by atoms with Crippen LogP contribution in [0.15, 0.2) is 18.7 Å². The number of imidazole rings is 1. The number of hydrogen-bond acceptors (Lipinski definition) is 6. The lowest BCUT2D eigenvalue weighted by Crippen LogP contribution is -2.15. The van der Waals surface area contributed by atoms with Crippen molar-refractivity contribution in [1.82, 2.24) is 9.55 Å². The standard InChI is InChI=1S/C9H12N2O3.C2H2O4/c1-2-14-9(13)5-8(12)6-11-4-3-10-7-11;3-1(4)2(5)6/h3-4,7H,2,5-6H2,1H3;(H,3,4)(H,5,6). The van der Waals surface area contributed by atoms with Crippen molar-refractivity contribution < 1.29 is 34.1 Å². The summed E-state index contributed by atoms with van der Waals surface area (Å²) >= 11 is 0. The van der Waals surface area contributed by atoms with Crippen LogP contribution in [0.4, 0.5) is 0 Å². The number of Topliss-reactive ketones (excluding diaryl/α,β-unsaturated/α-hetero) is 1. The first kappa shape index (κ1) is 17.3. The molecule has 0 spiro atoms. The summed E-state index contributed by atoms with van der Waals surface area (Å²) in [5.41, 5.74) is 0. The number of hydrogen-bond donors (Lipinski definition) is 2. The highest BCUT2D eigenvalue weighted by molar-refractivity contribution is 6.27. The van der Waals surface area contributed by atoms with Crippen LogP contribution in [0, 0.1) is 0 Å². The van der Waals surface area contributed by atoms with Crippen molar-refractivity contribution in [2.75, 3.05) is 6.61 Å². The van der Waals surface area contributed by atoms with Gasteiger partial charge in [-0.2, -0.15) is 0 Å². The second kappa shape index (κ2) is 9.25. The van der Waals surface area contributed by atoms with Gasteiger partial charge in [-0.1, -0.05) is 0 Å². The zero-order valence-corrected chi connectivity index (χ0v) is 10.7. The quantitative estimate of drug-likeness (QED) is 0.422. The Morgan fingerprint density at radius 3 is 2.20 bits per heavy atom. The average molecular weight is 286 g/mol. The summed E-state index contributed by atoms with van der Waals surface area (Å²) in [6, 6.07) is 0. The molecule has 0 aromatic carbocycles. The molecule has 9 nitrogen and oxygen atoms in total. The van der Waals surface area contributed by atoms with E-state index >= 15 is 0 Å². The van der Waals surface area contributed by atoms with E-state index in [0.717, 1.165) is 0 Å². The van der Waals surface area contributed by atoms with Crippen LogP contribution in [-0.4, -0.2) is 50.1 Å². The molecule has 0 saturated heterocycles. The van der Waals surface area contributed by atoms with Gasteiger partial charge in [0.25, 0.3) is 0 Å². The Labute approximate surface area is 113 Å². The summed E-state index contributed by atoms with van der Waals surface area (Å²) in [4.78, 5) is 44.1. The van der Waals surface area contributed by atoms with Gasteiger partial charge in [0.1, 0.15) is 6.42 Å². The number of carbonyl (C=O) groups excluding carboxylic acids is 2. The Morgan fingerprint density at radius 2 is 1.80 bits per heavy atom. The molecule has 0 bridgehead atoms. The molecule has 9 heteroatoms. The molecule has 2 N–H and O–H groups in total. The monoisotopic (exact) mass is 286 g/mol. The molecule has 0 saturated carbocycles. The van der Waals surface area contributed by atoms with E-state index in [1.807, 2.05) is 0 Å². The SMILES string of the molecule is CCOC(=O)CC(=O)Cn1ccnc1.O=C(O)C(=O)O. The Morgan fingerprint density at radius 1 is 1.20 bits per heavy atom. The van der Waals surface area contributed by atoms with E-state index in [2.05, 4.69) is 9.72 Å². The highest BCUT2D eigenvalue weighted by Gasteiger charge is 2.10. The second-order valence-electron chi connectivity index (χ2n) is 3.37. The zero-order valence-electron chi connectivity index (χ0n) is 10.7. The average Bonchev–Trinajstić information content (AvgIpc) is 2.82. The molecule has 0 radical (unpaired) electrons. The molecular weight excluding hydrogens is 272 g/mol. The fourth-order valence-corrected chi connectivity index (χ4v) is 1.01. The normalized spacial score (nSPS) is 9.05. The summed E-state index contributed by atoms with van der Waals surface area (Å²) in [6.45, 7) is 2.17. The van der Waals surface area contributed by atoms with E-state index in [-0.39, 0.29) is 18.7 Å². The van der Waals surface area contributed by atoms with Crippen LogP contribution in [0.25, 0.3) is 0 Å². The molecule has 0 aliphatic carbocycles. The van der Waals surface area contributed by atoms with Gasteiger partial charge in [-0.3, -0.25) is 9.59 Å². The van der Waals surface area contributed by atoms with Crippen LogP contribution in [0.2, 0.25) is 0 Å². The number of ketones is 1. The first-order valence-electron chi connectivity index (χ1n) is 5.46. The molecule has 1 rings (SSSR count). The van der Waals surface area contributed by atoms with E-state index < -0.39 is 17.9 Å². The van der Waals surface area contributed by atoms with Gasteiger partial charge >= 0.3 is 17.9 Å². The van der Waals surface area contributed by atoms with Gasteiger partial charge in [0.15, 0.2) is 5.78 Å². The number of carboxylic acids is 2. The largest absolute Gasteiger partial charge is 0.473 e. The first-order chi connectivity index (χ1) is 9.36. The van der Waals surface area contributed by atoms with Crippen LogP contribution in [-0.2, 0) is 30.5 Å². The molecule has 0 fully saturated rings. The third-order valence-corrected chi connectivity index (χ3v) is 1.75. The van der Waals surface area contributed by atoms with Crippen molar-refractivity contribution in [2.45, 2.75) is 19.9 Å². The number of nitrogens with zero attached hydrogens (tertiary/aromatic N) is 2. The maximum Gasteiger partial charge on any atom is 0.414 e. The third-order valence-electron chi connectivity index (χ3n) is 1.75. The lowest BCUT2D eigenvalue weighted by molar-refractivity contribution is -0.159. The van der Waals surface area contributed by atoms with Gasteiger partial charge in [-0.15, -0.1) is 0 Å². The Kier molecular flexibility index (Phi) is 8.00. The fourth-order valence-electron chi connectivity index (χ4n) is 1.01. The Bertz CT molecular complexity index is 455. The van der Waals surface area contributed by atoms with E-state index in [4.69, 9.17) is 19.8 Å². The van der Waals surface area contributed by atoms with E-state index in [1.54, 1.807) is 23.9 Å². The smallest absolute Gasteiger partial charge is 0.414 e. The van der Waals surface area contributed by atoms with Gasteiger partial charge in [0.05, 0.1) is 19.5 Å². The minimum Gasteiger partial charge on any atom is -0.473 e. The maximum atomic E-state index is 11.2. The molecule has 1 heterocycles. The van der Waals surface area contributed by atoms with Crippen molar-refractivity contribution in [3.05, 3.63) is 18.7 Å². The van der Waals surface area contributed by atoms with E-state index in [9.17, 15) is 9.59 Å². The number of carboxylic acid groups (broad SMARTS) is 2.